The Morgan fingerprint density at radius 3 is 1.46 bits per heavy atom. The van der Waals surface area contributed by atoms with E-state index in [1.807, 2.05) is 34.1 Å². The molecule has 4 atom stereocenters. The molecule has 4 aromatic heterocycles. The Bertz CT molecular complexity index is 2770. The predicted molar refractivity (Wildman–Crippen MR) is 246 cm³/mol. The van der Waals surface area contributed by atoms with Gasteiger partial charge in [0.15, 0.2) is 11.6 Å². The molecule has 2 saturated heterocycles. The third kappa shape index (κ3) is 8.97. The zero-order valence-corrected chi connectivity index (χ0v) is 35.6. The fourth-order valence-electron chi connectivity index (χ4n) is 8.72. The average Bonchev–Trinajstić information content (AvgIpc) is 4.17. The SMILES string of the molecule is C.C.CO[C@@H]1CN(c2ccn(-c3cc(-c4c(F)cccc4C#N)nc4c3C(=O)NC4)n2)CC[C@H]1O.CO[C@H]1CN(c2ccn(-c3cc(-c4c(F)cccc4C#N)nc4c3C(=O)NC4)n2)CC[C@@H]1O. The summed E-state index contributed by atoms with van der Waals surface area (Å²) in [7, 11) is 3.13. The van der Waals surface area contributed by atoms with Crippen molar-refractivity contribution in [1.82, 2.24) is 40.2 Å². The monoisotopic (exact) mass is 928 g/mol. The lowest BCUT2D eigenvalue weighted by Crippen LogP contribution is -2.47. The summed E-state index contributed by atoms with van der Waals surface area (Å²) in [6.07, 6.45) is 2.84. The van der Waals surface area contributed by atoms with Gasteiger partial charge in [0.2, 0.25) is 0 Å². The summed E-state index contributed by atoms with van der Waals surface area (Å²) >= 11 is 0. The van der Waals surface area contributed by atoms with Crippen molar-refractivity contribution in [2.24, 2.45) is 0 Å². The van der Waals surface area contributed by atoms with Crippen molar-refractivity contribution in [3.63, 3.8) is 0 Å². The number of nitrogens with one attached hydrogen (secondary N) is 2. The molecule has 18 nitrogen and oxygen atoms in total. The van der Waals surface area contributed by atoms with E-state index < -0.39 is 23.8 Å². The van der Waals surface area contributed by atoms with Crippen molar-refractivity contribution >= 4 is 23.5 Å². The number of rotatable bonds is 8. The summed E-state index contributed by atoms with van der Waals surface area (Å²) < 4.78 is 43.3. The van der Waals surface area contributed by atoms with Gasteiger partial charge in [0, 0.05) is 64.9 Å². The number of aliphatic hydroxyl groups is 2. The smallest absolute Gasteiger partial charge is 0.255 e. The van der Waals surface area contributed by atoms with Gasteiger partial charge in [-0.2, -0.15) is 20.7 Å². The Hall–Kier alpha value is -7.62. The number of carbonyl (C=O) groups excluding carboxylic acids is 2. The first-order chi connectivity index (χ1) is 32.0. The zero-order chi connectivity index (χ0) is 46.2. The maximum absolute atomic E-state index is 14.7. The van der Waals surface area contributed by atoms with Crippen molar-refractivity contribution in [2.45, 2.75) is 65.2 Å². The van der Waals surface area contributed by atoms with E-state index in [0.29, 0.717) is 84.5 Å². The Kier molecular flexibility index (Phi) is 14.3. The summed E-state index contributed by atoms with van der Waals surface area (Å²) in [4.78, 5) is 38.1. The zero-order valence-electron chi connectivity index (χ0n) is 35.6. The van der Waals surface area contributed by atoms with Gasteiger partial charge < -0.3 is 40.1 Å². The second kappa shape index (κ2) is 20.1. The van der Waals surface area contributed by atoms with Crippen molar-refractivity contribution < 1.29 is 38.1 Å². The highest BCUT2D eigenvalue weighted by Crippen LogP contribution is 2.34. The Labute approximate surface area is 391 Å². The normalized spacial score (nSPS) is 19.2. The van der Waals surface area contributed by atoms with Crippen LogP contribution in [0, 0.1) is 34.3 Å². The van der Waals surface area contributed by atoms with E-state index in [4.69, 9.17) is 9.47 Å². The molecule has 68 heavy (non-hydrogen) atoms. The number of piperidine rings is 2. The van der Waals surface area contributed by atoms with Crippen LogP contribution in [0.25, 0.3) is 33.9 Å². The van der Waals surface area contributed by atoms with Gasteiger partial charge in [0.05, 0.1) is 105 Å². The Morgan fingerprint density at radius 2 is 1.07 bits per heavy atom. The molecule has 6 aromatic rings. The quantitative estimate of drug-likeness (QED) is 0.160. The van der Waals surface area contributed by atoms with Gasteiger partial charge in [-0.1, -0.05) is 27.0 Å². The molecule has 20 heteroatoms. The van der Waals surface area contributed by atoms with Crippen LogP contribution in [-0.4, -0.2) is 116 Å². The molecule has 4 N–H and O–H groups in total. The molecular formula is C48H50F2N12O6. The van der Waals surface area contributed by atoms with Gasteiger partial charge in [-0.15, -0.1) is 0 Å². The van der Waals surface area contributed by atoms with Gasteiger partial charge in [-0.3, -0.25) is 9.59 Å². The number of nitriles is 2. The van der Waals surface area contributed by atoms with Gasteiger partial charge in [0.1, 0.15) is 23.8 Å². The average molecular weight is 929 g/mol. The van der Waals surface area contributed by atoms with Crippen LogP contribution >= 0.6 is 0 Å². The highest BCUT2D eigenvalue weighted by molar-refractivity contribution is 6.02. The number of fused-ring (bicyclic) bond motifs is 2. The van der Waals surface area contributed by atoms with Gasteiger partial charge in [-0.25, -0.2) is 28.1 Å². The molecular weight excluding hydrogens is 879 g/mol. The number of halogens is 2. The largest absolute Gasteiger partial charge is 0.390 e. The number of hydrogen-bond donors (Lipinski definition) is 4. The number of carbonyl (C=O) groups is 2. The lowest BCUT2D eigenvalue weighted by Gasteiger charge is -2.35. The highest BCUT2D eigenvalue weighted by atomic mass is 19.1. The number of anilines is 2. The minimum absolute atomic E-state index is 0. The lowest BCUT2D eigenvalue weighted by atomic mass is 10.0. The summed E-state index contributed by atoms with van der Waals surface area (Å²) in [6, 6.07) is 19.3. The number of ether oxygens (including phenoxy) is 2. The summed E-state index contributed by atoms with van der Waals surface area (Å²) in [5.74, 6) is -0.376. The summed E-state index contributed by atoms with van der Waals surface area (Å²) in [5, 5.41) is 53.9. The van der Waals surface area contributed by atoms with Gasteiger partial charge in [0.25, 0.3) is 11.8 Å². The molecule has 8 heterocycles. The molecule has 0 aliphatic carbocycles. The molecule has 352 valence electrons. The van der Waals surface area contributed by atoms with Crippen LogP contribution in [0.1, 0.15) is 70.9 Å². The Morgan fingerprint density at radius 1 is 0.662 bits per heavy atom. The summed E-state index contributed by atoms with van der Waals surface area (Å²) in [6.45, 7) is 2.60. The van der Waals surface area contributed by atoms with E-state index in [2.05, 4.69) is 30.8 Å². The first-order valence-electron chi connectivity index (χ1n) is 21.1. The van der Waals surface area contributed by atoms with Crippen molar-refractivity contribution in [2.75, 3.05) is 50.2 Å². The molecule has 2 fully saturated rings. The van der Waals surface area contributed by atoms with E-state index in [9.17, 15) is 39.1 Å². The third-order valence-corrected chi connectivity index (χ3v) is 12.2. The van der Waals surface area contributed by atoms with E-state index in [-0.39, 0.29) is 85.6 Å². The Balaban J connectivity index is 0.000000196. The van der Waals surface area contributed by atoms with E-state index in [0.717, 1.165) is 0 Å². The second-order valence-electron chi connectivity index (χ2n) is 16.0. The minimum atomic E-state index is -0.566. The fraction of sp³-hybridized carbons (Fsp3) is 0.333. The first-order valence-corrected chi connectivity index (χ1v) is 21.1. The number of amides is 2. The molecule has 2 aromatic carbocycles. The topological polar surface area (TPSA) is 233 Å². The van der Waals surface area contributed by atoms with Crippen LogP contribution in [0.3, 0.4) is 0 Å². The number of nitrogens with zero attached hydrogens (tertiary/aromatic N) is 10. The predicted octanol–water partition coefficient (Wildman–Crippen LogP) is 4.82. The third-order valence-electron chi connectivity index (χ3n) is 12.2. The molecule has 0 spiro atoms. The van der Waals surface area contributed by atoms with Crippen molar-refractivity contribution in [3.05, 3.63) is 118 Å². The molecule has 4 aliphatic rings. The standard InChI is InChI=1S/2C23H21FN6O3.2CH4/c2*1-33-19-12-29(7-5-18(19)31)20-6-8-30(28-20)17-9-15(27-16-11-26-23(32)22(16)17)21-13(10-25)3-2-4-14(21)24;;/h2*2-4,6,8-9,18-19,31H,5,7,11-12H2,1H3,(H,26,32);2*1H4/t2*18-,19-;;/m10../s1. The van der Waals surface area contributed by atoms with Crippen LogP contribution < -0.4 is 20.4 Å². The molecule has 4 aliphatic heterocycles. The number of aliphatic hydroxyl groups excluding tert-OH is 2. The number of benzene rings is 2. The molecule has 10 rings (SSSR count). The van der Waals surface area contributed by atoms with Gasteiger partial charge >= 0.3 is 0 Å². The van der Waals surface area contributed by atoms with Crippen LogP contribution in [0.5, 0.6) is 0 Å². The van der Waals surface area contributed by atoms with E-state index in [1.54, 1.807) is 48.1 Å². The van der Waals surface area contributed by atoms with Crippen LogP contribution in [0.4, 0.5) is 20.4 Å². The first kappa shape index (κ1) is 48.3. The number of hydrogen-bond acceptors (Lipinski definition) is 14. The lowest BCUT2D eigenvalue weighted by molar-refractivity contribution is -0.0207. The van der Waals surface area contributed by atoms with E-state index >= 15 is 0 Å². The number of methoxy groups -OCH3 is 2. The molecule has 0 bridgehead atoms. The minimum Gasteiger partial charge on any atom is -0.390 e. The van der Waals surface area contributed by atoms with Crippen molar-refractivity contribution in [3.8, 4) is 46.0 Å². The van der Waals surface area contributed by atoms with Crippen LogP contribution in [-0.2, 0) is 22.6 Å². The number of aromatic nitrogens is 6. The number of pyridine rings is 2. The van der Waals surface area contributed by atoms with Gasteiger partial charge in [-0.05, 0) is 49.2 Å². The second-order valence-corrected chi connectivity index (χ2v) is 16.0. The maximum atomic E-state index is 14.7. The van der Waals surface area contributed by atoms with Crippen LogP contribution in [0.15, 0.2) is 73.1 Å². The molecule has 0 saturated carbocycles. The van der Waals surface area contributed by atoms with Crippen molar-refractivity contribution in [1.29, 1.82) is 10.5 Å². The highest BCUT2D eigenvalue weighted by Gasteiger charge is 2.33. The maximum Gasteiger partial charge on any atom is 0.255 e. The van der Waals surface area contributed by atoms with Crippen LogP contribution in [0.2, 0.25) is 0 Å². The molecule has 2 amide bonds. The fourth-order valence-corrected chi connectivity index (χ4v) is 8.72. The van der Waals surface area contributed by atoms with E-state index in [1.165, 1.54) is 36.4 Å². The molecule has 0 unspecified atom stereocenters. The summed E-state index contributed by atoms with van der Waals surface area (Å²) in [5.41, 5.74) is 3.57. The molecule has 0 radical (unpaired) electrons.